The molecule has 0 N–H and O–H groups in total. The fourth-order valence-corrected chi connectivity index (χ4v) is 2.96. The van der Waals surface area contributed by atoms with Crippen LogP contribution in [0.3, 0.4) is 0 Å². The maximum atomic E-state index is 4.78. The van der Waals surface area contributed by atoms with E-state index in [9.17, 15) is 0 Å². The van der Waals surface area contributed by atoms with Gasteiger partial charge in [0.25, 0.3) is 0 Å². The predicted molar refractivity (Wildman–Crippen MR) is 88.1 cm³/mol. The van der Waals surface area contributed by atoms with Crippen LogP contribution in [0.1, 0.15) is 10.4 Å². The summed E-state index contributed by atoms with van der Waals surface area (Å²) in [6.07, 6.45) is 5.45. The Kier molecular flexibility index (Phi) is 3.83. The van der Waals surface area contributed by atoms with E-state index in [2.05, 4.69) is 23.4 Å². The van der Waals surface area contributed by atoms with Crippen LogP contribution < -0.4 is 5.01 Å². The molecule has 0 aliphatic carbocycles. The van der Waals surface area contributed by atoms with Gasteiger partial charge in [-0.1, -0.05) is 18.2 Å². The van der Waals surface area contributed by atoms with E-state index in [4.69, 9.17) is 5.10 Å². The van der Waals surface area contributed by atoms with Gasteiger partial charge in [0.15, 0.2) is 5.84 Å². The van der Waals surface area contributed by atoms with Crippen LogP contribution >= 0.6 is 11.3 Å². The van der Waals surface area contributed by atoms with Crippen LogP contribution in [0.2, 0.25) is 0 Å². The predicted octanol–water partition coefficient (Wildman–Crippen LogP) is 3.60. The van der Waals surface area contributed by atoms with Crippen LogP contribution in [0.5, 0.6) is 0 Å². The summed E-state index contributed by atoms with van der Waals surface area (Å²) in [5, 5.41) is 8.74. The van der Waals surface area contributed by atoms with Crippen molar-refractivity contribution in [3.63, 3.8) is 0 Å². The van der Waals surface area contributed by atoms with Gasteiger partial charge < -0.3 is 0 Å². The third kappa shape index (κ3) is 2.87. The van der Waals surface area contributed by atoms with Crippen LogP contribution in [0.25, 0.3) is 0 Å². The molecular weight excluding hydrogens is 280 g/mol. The molecule has 1 aromatic carbocycles. The number of nitrogens with zero attached hydrogens (tertiary/aromatic N) is 4. The Labute approximate surface area is 128 Å². The van der Waals surface area contributed by atoms with Crippen molar-refractivity contribution >= 4 is 22.9 Å². The Hall–Kier alpha value is -2.40. The van der Waals surface area contributed by atoms with Crippen molar-refractivity contribution < 1.29 is 0 Å². The number of benzene rings is 1. The van der Waals surface area contributed by atoms with Crippen molar-refractivity contribution in [2.24, 2.45) is 5.10 Å². The van der Waals surface area contributed by atoms with Crippen LogP contribution in [0.15, 0.2) is 65.6 Å². The molecule has 2 heterocycles. The second-order valence-corrected chi connectivity index (χ2v) is 5.60. The number of hydrogen-bond donors (Lipinski definition) is 0. The Morgan fingerprint density at radius 3 is 2.67 bits per heavy atom. The lowest BCUT2D eigenvalue weighted by molar-refractivity contribution is 0.983. The summed E-state index contributed by atoms with van der Waals surface area (Å²) in [6.45, 7) is 2.10. The Balaban J connectivity index is 2.04. The first-order valence-corrected chi connectivity index (χ1v) is 7.54. The molecule has 0 spiro atoms. The van der Waals surface area contributed by atoms with Gasteiger partial charge in [0, 0.05) is 19.4 Å². The highest BCUT2D eigenvalue weighted by molar-refractivity contribution is 7.12. The standard InChI is InChI=1S/C16H16N4S/c1-13-8-11-21-15(13)16(20-10-9-17-12-20)18-19(2)14-6-4-3-5-7-14/h3-12H,1-2H3/b18-16-. The maximum absolute atomic E-state index is 4.78. The van der Waals surface area contributed by atoms with Crippen LogP contribution in [0.4, 0.5) is 5.69 Å². The highest BCUT2D eigenvalue weighted by Crippen LogP contribution is 2.19. The first kappa shape index (κ1) is 13.6. The zero-order valence-corrected chi connectivity index (χ0v) is 12.8. The number of rotatable bonds is 3. The van der Waals surface area contributed by atoms with Crippen molar-refractivity contribution in [2.45, 2.75) is 6.92 Å². The number of anilines is 1. The molecule has 0 amide bonds. The number of hydrogen-bond acceptors (Lipinski definition) is 4. The molecule has 106 valence electrons. The molecule has 2 aromatic heterocycles. The second kappa shape index (κ2) is 5.93. The highest BCUT2D eigenvalue weighted by atomic mass is 32.1. The van der Waals surface area contributed by atoms with E-state index in [-0.39, 0.29) is 0 Å². The molecule has 0 atom stereocenters. The summed E-state index contributed by atoms with van der Waals surface area (Å²) < 4.78 is 1.94. The quantitative estimate of drug-likeness (QED) is 0.420. The lowest BCUT2D eigenvalue weighted by atomic mass is 10.3. The summed E-state index contributed by atoms with van der Waals surface area (Å²) >= 11 is 1.69. The molecule has 0 radical (unpaired) electrons. The van der Waals surface area contributed by atoms with Gasteiger partial charge in [0.1, 0.15) is 6.33 Å². The van der Waals surface area contributed by atoms with Gasteiger partial charge in [-0.3, -0.25) is 9.58 Å². The van der Waals surface area contributed by atoms with E-state index < -0.39 is 0 Å². The monoisotopic (exact) mass is 296 g/mol. The lowest BCUT2D eigenvalue weighted by Crippen LogP contribution is -2.19. The molecule has 0 fully saturated rings. The fourth-order valence-electron chi connectivity index (χ4n) is 2.04. The summed E-state index contributed by atoms with van der Waals surface area (Å²) in [7, 11) is 1.95. The van der Waals surface area contributed by atoms with Crippen LogP contribution in [0, 0.1) is 6.92 Å². The minimum Gasteiger partial charge on any atom is -0.288 e. The van der Waals surface area contributed by atoms with Gasteiger partial charge >= 0.3 is 0 Å². The van der Waals surface area contributed by atoms with Gasteiger partial charge in [-0.05, 0) is 36.1 Å². The smallest absolute Gasteiger partial charge is 0.176 e. The Morgan fingerprint density at radius 2 is 2.05 bits per heavy atom. The van der Waals surface area contributed by atoms with E-state index in [1.165, 1.54) is 5.56 Å². The number of thiophene rings is 1. The Bertz CT molecular complexity index is 729. The van der Waals surface area contributed by atoms with Crippen molar-refractivity contribution in [1.82, 2.24) is 9.55 Å². The fraction of sp³-hybridized carbons (Fsp3) is 0.125. The third-order valence-corrected chi connectivity index (χ3v) is 4.20. The zero-order valence-electron chi connectivity index (χ0n) is 12.0. The molecule has 0 saturated carbocycles. The van der Waals surface area contributed by atoms with Gasteiger partial charge in [-0.15, -0.1) is 11.3 Å². The van der Waals surface area contributed by atoms with E-state index >= 15 is 0 Å². The van der Waals surface area contributed by atoms with E-state index in [0.29, 0.717) is 0 Å². The summed E-state index contributed by atoms with van der Waals surface area (Å²) in [6, 6.07) is 12.2. The highest BCUT2D eigenvalue weighted by Gasteiger charge is 2.12. The molecule has 0 unspecified atom stereocenters. The first-order chi connectivity index (χ1) is 10.3. The van der Waals surface area contributed by atoms with Crippen molar-refractivity contribution in [3.8, 4) is 0 Å². The summed E-state index contributed by atoms with van der Waals surface area (Å²) in [5.41, 5.74) is 2.26. The molecule has 5 heteroatoms. The molecule has 0 saturated heterocycles. The number of hydrazone groups is 1. The van der Waals surface area contributed by atoms with Crippen LogP contribution in [-0.4, -0.2) is 22.4 Å². The summed E-state index contributed by atoms with van der Waals surface area (Å²) in [5.74, 6) is 0.881. The summed E-state index contributed by atoms with van der Waals surface area (Å²) in [4.78, 5) is 5.28. The second-order valence-electron chi connectivity index (χ2n) is 4.69. The molecule has 4 nitrogen and oxygen atoms in total. The van der Waals surface area contributed by atoms with Gasteiger partial charge in [-0.25, -0.2) is 4.98 Å². The average molecular weight is 296 g/mol. The molecular formula is C16H16N4S. The van der Waals surface area contributed by atoms with Crippen LogP contribution in [-0.2, 0) is 0 Å². The molecule has 0 aliphatic rings. The number of imidazole rings is 1. The molecule has 3 aromatic rings. The lowest BCUT2D eigenvalue weighted by Gasteiger charge is -2.16. The largest absolute Gasteiger partial charge is 0.288 e. The SMILES string of the molecule is Cc1ccsc1/C(=N/N(C)c1ccccc1)n1ccnc1. The molecule has 0 aliphatic heterocycles. The van der Waals surface area contributed by atoms with Gasteiger partial charge in [-0.2, -0.15) is 5.10 Å². The van der Waals surface area contributed by atoms with Crippen molar-refractivity contribution in [2.75, 3.05) is 12.1 Å². The zero-order chi connectivity index (χ0) is 14.7. The topological polar surface area (TPSA) is 33.4 Å². The minimum atomic E-state index is 0.881. The number of aromatic nitrogens is 2. The molecule has 3 rings (SSSR count). The minimum absolute atomic E-state index is 0.881. The normalized spacial score (nSPS) is 11.6. The van der Waals surface area contributed by atoms with E-state index in [1.807, 2.05) is 53.2 Å². The molecule has 21 heavy (non-hydrogen) atoms. The van der Waals surface area contributed by atoms with Gasteiger partial charge in [0.2, 0.25) is 0 Å². The van der Waals surface area contributed by atoms with E-state index in [1.54, 1.807) is 23.9 Å². The maximum Gasteiger partial charge on any atom is 0.176 e. The van der Waals surface area contributed by atoms with Crippen molar-refractivity contribution in [3.05, 3.63) is 70.9 Å². The Morgan fingerprint density at radius 1 is 1.24 bits per heavy atom. The third-order valence-electron chi connectivity index (χ3n) is 3.19. The first-order valence-electron chi connectivity index (χ1n) is 6.66. The van der Waals surface area contributed by atoms with Gasteiger partial charge in [0.05, 0.1) is 10.6 Å². The molecule has 0 bridgehead atoms. The van der Waals surface area contributed by atoms with Crippen molar-refractivity contribution in [1.29, 1.82) is 0 Å². The van der Waals surface area contributed by atoms with E-state index in [0.717, 1.165) is 16.4 Å². The number of aryl methyl sites for hydroxylation is 1. The average Bonchev–Trinajstić information content (AvgIpc) is 3.17. The number of para-hydroxylation sites is 1.